The lowest BCUT2D eigenvalue weighted by Gasteiger charge is -2.32. The van der Waals surface area contributed by atoms with Crippen LogP contribution in [0.5, 0.6) is 0 Å². The van der Waals surface area contributed by atoms with E-state index >= 15 is 0 Å². The molecule has 0 amide bonds. The molecule has 0 bridgehead atoms. The van der Waals surface area contributed by atoms with Gasteiger partial charge in [-0.05, 0) is 12.8 Å². The van der Waals surface area contributed by atoms with Crippen LogP contribution in [0.25, 0.3) is 0 Å². The minimum absolute atomic E-state index is 0.0685. The summed E-state index contributed by atoms with van der Waals surface area (Å²) >= 11 is 0. The third kappa shape index (κ3) is 6.50. The van der Waals surface area contributed by atoms with Crippen LogP contribution in [0.3, 0.4) is 0 Å². The first-order valence-corrected chi connectivity index (χ1v) is 9.13. The fraction of sp³-hybridized carbons (Fsp3) is 0.700. The van der Waals surface area contributed by atoms with Crippen molar-refractivity contribution in [3.05, 3.63) is 35.9 Å². The SMILES string of the molecule is CCCCCCCCC(CCCC)C(O)(O)c1ccccc1. The van der Waals surface area contributed by atoms with Gasteiger partial charge in [-0.15, -0.1) is 0 Å². The van der Waals surface area contributed by atoms with E-state index in [2.05, 4.69) is 13.8 Å². The summed E-state index contributed by atoms with van der Waals surface area (Å²) in [5.74, 6) is -1.76. The predicted octanol–water partition coefficient (Wildman–Crippen LogP) is 5.38. The zero-order valence-corrected chi connectivity index (χ0v) is 14.4. The molecule has 0 spiro atoms. The van der Waals surface area contributed by atoms with Gasteiger partial charge in [-0.1, -0.05) is 95.5 Å². The van der Waals surface area contributed by atoms with E-state index in [1.807, 2.05) is 30.3 Å². The Morgan fingerprint density at radius 2 is 1.32 bits per heavy atom. The Labute approximate surface area is 136 Å². The van der Waals surface area contributed by atoms with Gasteiger partial charge in [-0.3, -0.25) is 0 Å². The summed E-state index contributed by atoms with van der Waals surface area (Å²) in [6, 6.07) is 9.30. The van der Waals surface area contributed by atoms with Gasteiger partial charge in [0.2, 0.25) is 0 Å². The third-order valence-electron chi connectivity index (χ3n) is 4.58. The fourth-order valence-corrected chi connectivity index (χ4v) is 3.09. The van der Waals surface area contributed by atoms with Gasteiger partial charge < -0.3 is 10.2 Å². The molecule has 0 aliphatic carbocycles. The predicted molar refractivity (Wildman–Crippen MR) is 93.6 cm³/mol. The number of hydrogen-bond acceptors (Lipinski definition) is 2. The molecule has 1 aromatic rings. The van der Waals surface area contributed by atoms with Crippen molar-refractivity contribution in [2.45, 2.75) is 83.8 Å². The summed E-state index contributed by atoms with van der Waals surface area (Å²) in [5, 5.41) is 21.3. The van der Waals surface area contributed by atoms with Gasteiger partial charge in [0.1, 0.15) is 0 Å². The molecule has 0 heterocycles. The maximum absolute atomic E-state index is 10.7. The minimum atomic E-state index is -1.69. The molecule has 0 aliphatic heterocycles. The van der Waals surface area contributed by atoms with E-state index in [9.17, 15) is 10.2 Å². The molecule has 1 rings (SSSR count). The Kier molecular flexibility index (Phi) is 9.42. The zero-order chi connectivity index (χ0) is 16.3. The molecule has 0 fully saturated rings. The van der Waals surface area contributed by atoms with Crippen molar-refractivity contribution in [3.8, 4) is 0 Å². The van der Waals surface area contributed by atoms with Gasteiger partial charge in [0.15, 0.2) is 5.79 Å². The topological polar surface area (TPSA) is 40.5 Å². The smallest absolute Gasteiger partial charge is 0.192 e. The largest absolute Gasteiger partial charge is 0.362 e. The van der Waals surface area contributed by atoms with E-state index in [1.54, 1.807) is 0 Å². The second-order valence-corrected chi connectivity index (χ2v) is 6.49. The highest BCUT2D eigenvalue weighted by Gasteiger charge is 2.35. The van der Waals surface area contributed by atoms with E-state index in [0.29, 0.717) is 5.56 Å². The molecular formula is C20H34O2. The molecule has 0 aliphatic rings. The van der Waals surface area contributed by atoms with Crippen LogP contribution in [0.2, 0.25) is 0 Å². The molecular weight excluding hydrogens is 272 g/mol. The standard InChI is InChI=1S/C20H34O2/c1-3-5-7-8-9-11-15-18(14-6-4-2)20(21,22)19-16-12-10-13-17-19/h10,12-13,16-18,21-22H,3-9,11,14-15H2,1-2H3. The highest BCUT2D eigenvalue weighted by atomic mass is 16.5. The number of hydrogen-bond donors (Lipinski definition) is 2. The quantitative estimate of drug-likeness (QED) is 0.402. The van der Waals surface area contributed by atoms with Crippen LogP contribution in [0.1, 0.15) is 83.6 Å². The van der Waals surface area contributed by atoms with E-state index in [-0.39, 0.29) is 5.92 Å². The van der Waals surface area contributed by atoms with Crippen molar-refractivity contribution < 1.29 is 10.2 Å². The summed E-state index contributed by atoms with van der Waals surface area (Å²) in [5.41, 5.74) is 0.627. The molecule has 2 N–H and O–H groups in total. The molecule has 22 heavy (non-hydrogen) atoms. The number of benzene rings is 1. The summed E-state index contributed by atoms with van der Waals surface area (Å²) in [6.45, 7) is 4.38. The normalized spacial score (nSPS) is 13.3. The van der Waals surface area contributed by atoms with Crippen LogP contribution in [0.4, 0.5) is 0 Å². The first-order chi connectivity index (χ1) is 10.6. The van der Waals surface area contributed by atoms with E-state index < -0.39 is 5.79 Å². The molecule has 1 atom stereocenters. The molecule has 0 aromatic heterocycles. The summed E-state index contributed by atoms with van der Waals surface area (Å²) in [4.78, 5) is 0. The summed E-state index contributed by atoms with van der Waals surface area (Å²) in [6.07, 6.45) is 11.4. The first-order valence-electron chi connectivity index (χ1n) is 9.13. The van der Waals surface area contributed by atoms with Crippen molar-refractivity contribution in [1.82, 2.24) is 0 Å². The van der Waals surface area contributed by atoms with Crippen molar-refractivity contribution in [2.24, 2.45) is 5.92 Å². The van der Waals surface area contributed by atoms with Crippen molar-refractivity contribution in [1.29, 1.82) is 0 Å². The maximum Gasteiger partial charge on any atom is 0.192 e. The van der Waals surface area contributed by atoms with E-state index in [0.717, 1.165) is 32.1 Å². The minimum Gasteiger partial charge on any atom is -0.362 e. The number of rotatable bonds is 12. The Bertz CT molecular complexity index is 373. The Hall–Kier alpha value is -0.860. The van der Waals surface area contributed by atoms with Gasteiger partial charge >= 0.3 is 0 Å². The Morgan fingerprint density at radius 1 is 0.773 bits per heavy atom. The number of unbranched alkanes of at least 4 members (excludes halogenated alkanes) is 6. The average Bonchev–Trinajstić information content (AvgIpc) is 2.54. The van der Waals surface area contributed by atoms with Crippen molar-refractivity contribution >= 4 is 0 Å². The van der Waals surface area contributed by atoms with E-state index in [1.165, 1.54) is 32.1 Å². The van der Waals surface area contributed by atoms with Crippen LogP contribution < -0.4 is 0 Å². The second kappa shape index (κ2) is 10.8. The molecule has 1 aromatic carbocycles. The Balaban J connectivity index is 2.55. The lowest BCUT2D eigenvalue weighted by molar-refractivity contribution is -0.213. The highest BCUT2D eigenvalue weighted by molar-refractivity contribution is 5.20. The molecule has 1 unspecified atom stereocenters. The van der Waals surface area contributed by atoms with Crippen LogP contribution >= 0.6 is 0 Å². The van der Waals surface area contributed by atoms with Gasteiger partial charge in [0.05, 0.1) is 0 Å². The lowest BCUT2D eigenvalue weighted by Crippen LogP contribution is -2.35. The van der Waals surface area contributed by atoms with Crippen molar-refractivity contribution in [3.63, 3.8) is 0 Å². The van der Waals surface area contributed by atoms with Crippen LogP contribution in [-0.4, -0.2) is 10.2 Å². The third-order valence-corrected chi connectivity index (χ3v) is 4.58. The van der Waals surface area contributed by atoms with Gasteiger partial charge in [-0.2, -0.15) is 0 Å². The van der Waals surface area contributed by atoms with Crippen LogP contribution in [0.15, 0.2) is 30.3 Å². The van der Waals surface area contributed by atoms with Gasteiger partial charge in [0, 0.05) is 11.5 Å². The summed E-state index contributed by atoms with van der Waals surface area (Å²) in [7, 11) is 0. The average molecular weight is 306 g/mol. The van der Waals surface area contributed by atoms with Crippen LogP contribution in [-0.2, 0) is 5.79 Å². The molecule has 2 nitrogen and oxygen atoms in total. The number of aliphatic hydroxyl groups is 2. The van der Waals surface area contributed by atoms with Crippen LogP contribution in [0, 0.1) is 5.92 Å². The summed E-state index contributed by atoms with van der Waals surface area (Å²) < 4.78 is 0. The van der Waals surface area contributed by atoms with E-state index in [4.69, 9.17) is 0 Å². The fourth-order valence-electron chi connectivity index (χ4n) is 3.09. The van der Waals surface area contributed by atoms with Gasteiger partial charge in [-0.25, -0.2) is 0 Å². The molecule has 0 saturated heterocycles. The first kappa shape index (κ1) is 19.2. The van der Waals surface area contributed by atoms with Gasteiger partial charge in [0.25, 0.3) is 0 Å². The second-order valence-electron chi connectivity index (χ2n) is 6.49. The molecule has 0 radical (unpaired) electrons. The zero-order valence-electron chi connectivity index (χ0n) is 14.4. The molecule has 126 valence electrons. The maximum atomic E-state index is 10.7. The monoisotopic (exact) mass is 306 g/mol. The highest BCUT2D eigenvalue weighted by Crippen LogP contribution is 2.34. The molecule has 2 heteroatoms. The lowest BCUT2D eigenvalue weighted by atomic mass is 9.84. The molecule has 0 saturated carbocycles. The Morgan fingerprint density at radius 3 is 1.95 bits per heavy atom. The van der Waals surface area contributed by atoms with Crippen molar-refractivity contribution in [2.75, 3.05) is 0 Å².